The molecular weight excluding hydrogens is 262 g/mol. The van der Waals surface area contributed by atoms with Gasteiger partial charge in [0.15, 0.2) is 5.58 Å². The first-order valence-electron chi connectivity index (χ1n) is 6.68. The van der Waals surface area contributed by atoms with Gasteiger partial charge in [-0.15, -0.1) is 0 Å². The van der Waals surface area contributed by atoms with E-state index in [1.165, 1.54) is 0 Å². The molecule has 21 heavy (non-hydrogen) atoms. The van der Waals surface area contributed by atoms with Gasteiger partial charge >= 0.3 is 6.01 Å². The number of nitrogens with zero attached hydrogens (tertiary/aromatic N) is 3. The maximum atomic E-state index is 5.74. The normalized spacial score (nSPS) is 10.9. The molecule has 0 unspecified atom stereocenters. The van der Waals surface area contributed by atoms with Crippen molar-refractivity contribution in [2.24, 2.45) is 0 Å². The summed E-state index contributed by atoms with van der Waals surface area (Å²) in [5.41, 5.74) is 3.91. The number of fused-ring (bicyclic) bond motifs is 1. The van der Waals surface area contributed by atoms with Crippen LogP contribution in [-0.2, 0) is 0 Å². The number of benzene rings is 1. The van der Waals surface area contributed by atoms with E-state index in [0.29, 0.717) is 6.01 Å². The molecule has 0 aliphatic rings. The van der Waals surface area contributed by atoms with Crippen molar-refractivity contribution in [3.63, 3.8) is 0 Å². The van der Waals surface area contributed by atoms with E-state index in [9.17, 15) is 0 Å². The molecule has 0 fully saturated rings. The smallest absolute Gasteiger partial charge is 0.384 e. The van der Waals surface area contributed by atoms with E-state index < -0.39 is 0 Å². The van der Waals surface area contributed by atoms with Crippen LogP contribution in [0.4, 0.5) is 0 Å². The van der Waals surface area contributed by atoms with Gasteiger partial charge in [-0.1, -0.05) is 12.1 Å². The highest BCUT2D eigenvalue weighted by atomic mass is 16.4. The van der Waals surface area contributed by atoms with Gasteiger partial charge in [-0.2, -0.15) is 4.57 Å². The predicted octanol–water partition coefficient (Wildman–Crippen LogP) is 3.17. The summed E-state index contributed by atoms with van der Waals surface area (Å²) < 4.78 is 7.61. The molecule has 3 heterocycles. The van der Waals surface area contributed by atoms with Gasteiger partial charge < -0.3 is 4.42 Å². The first-order chi connectivity index (χ1) is 10.4. The number of hydrogen-bond donors (Lipinski definition) is 0. The van der Waals surface area contributed by atoms with Crippen molar-refractivity contribution in [2.75, 3.05) is 0 Å². The van der Waals surface area contributed by atoms with Crippen molar-refractivity contribution in [2.45, 2.75) is 0 Å². The molecule has 0 atom stereocenters. The summed E-state index contributed by atoms with van der Waals surface area (Å²) in [6.07, 6.45) is 7.47. The zero-order valence-corrected chi connectivity index (χ0v) is 11.2. The Hall–Kier alpha value is -3.01. The number of rotatable bonds is 2. The third-order valence-electron chi connectivity index (χ3n) is 3.35. The van der Waals surface area contributed by atoms with Crippen LogP contribution < -0.4 is 4.57 Å². The largest absolute Gasteiger partial charge is 0.509 e. The number of hydrogen-bond acceptors (Lipinski definition) is 3. The fourth-order valence-corrected chi connectivity index (χ4v) is 2.26. The number of para-hydroxylation sites is 2. The zero-order chi connectivity index (χ0) is 14.1. The highest BCUT2D eigenvalue weighted by Gasteiger charge is 2.16. The van der Waals surface area contributed by atoms with E-state index in [2.05, 4.69) is 9.97 Å². The monoisotopic (exact) mass is 274 g/mol. The average Bonchev–Trinajstić information content (AvgIpc) is 3.00. The van der Waals surface area contributed by atoms with Gasteiger partial charge in [0.05, 0.1) is 0 Å². The third-order valence-corrected chi connectivity index (χ3v) is 3.35. The van der Waals surface area contributed by atoms with Crippen LogP contribution in [0.2, 0.25) is 0 Å². The molecule has 0 bridgehead atoms. The molecule has 0 aliphatic carbocycles. The molecular formula is C17H12N3O+. The van der Waals surface area contributed by atoms with E-state index >= 15 is 0 Å². The van der Waals surface area contributed by atoms with Gasteiger partial charge in [0.25, 0.3) is 0 Å². The van der Waals surface area contributed by atoms with Gasteiger partial charge in [-0.25, -0.2) is 0 Å². The first-order valence-corrected chi connectivity index (χ1v) is 6.68. The van der Waals surface area contributed by atoms with Crippen molar-refractivity contribution < 1.29 is 8.98 Å². The summed E-state index contributed by atoms with van der Waals surface area (Å²) in [5.74, 6) is 0. The molecule has 0 saturated heterocycles. The maximum absolute atomic E-state index is 5.74. The van der Waals surface area contributed by atoms with Crippen LogP contribution in [0.3, 0.4) is 0 Å². The molecule has 4 aromatic rings. The minimum Gasteiger partial charge on any atom is -0.384 e. The van der Waals surface area contributed by atoms with Crippen molar-refractivity contribution in [1.29, 1.82) is 0 Å². The van der Waals surface area contributed by atoms with Crippen LogP contribution in [0.5, 0.6) is 0 Å². The SMILES string of the molecule is c1ccc2oc(-[n+]3ccc(-c4ccncc4)cc3)nc2c1. The van der Waals surface area contributed by atoms with Crippen LogP contribution in [0.25, 0.3) is 28.2 Å². The zero-order valence-electron chi connectivity index (χ0n) is 11.2. The third kappa shape index (κ3) is 2.17. The Bertz CT molecular complexity index is 850. The maximum Gasteiger partial charge on any atom is 0.509 e. The molecule has 0 aliphatic heterocycles. The molecule has 4 heteroatoms. The number of oxazole rings is 1. The average molecular weight is 274 g/mol. The Morgan fingerprint density at radius 2 is 1.52 bits per heavy atom. The number of aromatic nitrogens is 3. The summed E-state index contributed by atoms with van der Waals surface area (Å²) in [4.78, 5) is 8.50. The molecule has 4 rings (SSSR count). The lowest BCUT2D eigenvalue weighted by Crippen LogP contribution is -2.29. The summed E-state index contributed by atoms with van der Waals surface area (Å²) in [7, 11) is 0. The van der Waals surface area contributed by atoms with Gasteiger partial charge in [0, 0.05) is 17.4 Å². The topological polar surface area (TPSA) is 42.8 Å². The second-order valence-electron chi connectivity index (χ2n) is 4.69. The first kappa shape index (κ1) is 11.8. The Labute approximate surface area is 121 Å². The van der Waals surface area contributed by atoms with E-state index in [1.807, 2.05) is 65.5 Å². The Kier molecular flexibility index (Phi) is 2.71. The van der Waals surface area contributed by atoms with E-state index in [4.69, 9.17) is 4.42 Å². The van der Waals surface area contributed by atoms with E-state index in [1.54, 1.807) is 12.4 Å². The lowest BCUT2D eigenvalue weighted by Gasteiger charge is -1.99. The van der Waals surface area contributed by atoms with Gasteiger partial charge in [-0.05, 0) is 47.5 Å². The van der Waals surface area contributed by atoms with Crippen LogP contribution in [0.1, 0.15) is 0 Å². The minimum atomic E-state index is 0.567. The molecule has 0 spiro atoms. The lowest BCUT2D eigenvalue weighted by atomic mass is 10.1. The summed E-state index contributed by atoms with van der Waals surface area (Å²) in [6.45, 7) is 0. The van der Waals surface area contributed by atoms with E-state index in [-0.39, 0.29) is 0 Å². The van der Waals surface area contributed by atoms with Crippen molar-refractivity contribution in [1.82, 2.24) is 9.97 Å². The van der Waals surface area contributed by atoms with Crippen LogP contribution in [0, 0.1) is 0 Å². The molecule has 0 saturated carbocycles. The van der Waals surface area contributed by atoms with Crippen molar-refractivity contribution in [3.8, 4) is 17.1 Å². The van der Waals surface area contributed by atoms with Gasteiger partial charge in [-0.3, -0.25) is 4.98 Å². The van der Waals surface area contributed by atoms with Crippen molar-refractivity contribution in [3.05, 3.63) is 73.3 Å². The van der Waals surface area contributed by atoms with Gasteiger partial charge in [0.1, 0.15) is 12.4 Å². The predicted molar refractivity (Wildman–Crippen MR) is 78.8 cm³/mol. The van der Waals surface area contributed by atoms with Crippen molar-refractivity contribution >= 4 is 11.1 Å². The lowest BCUT2D eigenvalue weighted by molar-refractivity contribution is -0.612. The Morgan fingerprint density at radius 3 is 2.29 bits per heavy atom. The van der Waals surface area contributed by atoms with E-state index in [0.717, 1.165) is 22.2 Å². The highest BCUT2D eigenvalue weighted by Crippen LogP contribution is 2.17. The molecule has 3 aromatic heterocycles. The van der Waals surface area contributed by atoms with Crippen LogP contribution in [-0.4, -0.2) is 9.97 Å². The van der Waals surface area contributed by atoms with Gasteiger partial charge in [0.2, 0.25) is 5.52 Å². The Balaban J connectivity index is 1.73. The Morgan fingerprint density at radius 1 is 0.810 bits per heavy atom. The summed E-state index contributed by atoms with van der Waals surface area (Å²) in [5, 5.41) is 0. The molecule has 1 aromatic carbocycles. The van der Waals surface area contributed by atoms with Crippen LogP contribution >= 0.6 is 0 Å². The second-order valence-corrected chi connectivity index (χ2v) is 4.69. The molecule has 4 nitrogen and oxygen atoms in total. The second kappa shape index (κ2) is 4.83. The molecule has 0 radical (unpaired) electrons. The summed E-state index contributed by atoms with van der Waals surface area (Å²) in [6, 6.07) is 16.3. The quantitative estimate of drug-likeness (QED) is 0.527. The van der Waals surface area contributed by atoms with Crippen LogP contribution in [0.15, 0.2) is 77.7 Å². The fourth-order valence-electron chi connectivity index (χ4n) is 2.26. The minimum absolute atomic E-state index is 0.567. The standard InChI is InChI=1S/C17H12N3O/c1-2-4-16-15(3-1)19-17(21-16)20-11-7-14(8-12-20)13-5-9-18-10-6-13/h1-12H/q+1. The molecule has 100 valence electrons. The number of pyridine rings is 2. The highest BCUT2D eigenvalue weighted by molar-refractivity contribution is 5.72. The fraction of sp³-hybridized carbons (Fsp3) is 0. The summed E-state index contributed by atoms with van der Waals surface area (Å²) >= 11 is 0. The molecule has 0 N–H and O–H groups in total. The molecule has 0 amide bonds.